The molecule has 1 N–H and O–H groups in total. The van der Waals surface area contributed by atoms with Crippen LogP contribution in [0.2, 0.25) is 0 Å². The lowest BCUT2D eigenvalue weighted by Crippen LogP contribution is -2.22. The smallest absolute Gasteiger partial charge is 0.331 e. The van der Waals surface area contributed by atoms with Gasteiger partial charge in [-0.3, -0.25) is 4.79 Å². The minimum absolute atomic E-state index is 0.104. The Labute approximate surface area is 163 Å². The standard InChI is InChI=1S/C22H21NO3S/c1-22(2,3)26-20(24)13-12-15-8-10-16(11-9-15)14-19-21(25)23-17-6-4-5-7-18(17)27-19/h4-14H,1-3H3,(H,23,25)/b13-12+,19-14-. The van der Waals surface area contributed by atoms with E-state index in [1.165, 1.54) is 17.8 Å². The summed E-state index contributed by atoms with van der Waals surface area (Å²) in [5.74, 6) is -0.477. The molecule has 5 heteroatoms. The van der Waals surface area contributed by atoms with E-state index in [0.29, 0.717) is 4.91 Å². The highest BCUT2D eigenvalue weighted by Gasteiger charge is 2.20. The topological polar surface area (TPSA) is 55.4 Å². The molecule has 0 atom stereocenters. The van der Waals surface area contributed by atoms with Crippen LogP contribution in [0.5, 0.6) is 0 Å². The van der Waals surface area contributed by atoms with Gasteiger partial charge < -0.3 is 10.1 Å². The average molecular weight is 379 g/mol. The Bertz CT molecular complexity index is 921. The average Bonchev–Trinajstić information content (AvgIpc) is 2.60. The molecule has 0 aromatic heterocycles. The Morgan fingerprint density at radius 1 is 1.04 bits per heavy atom. The molecule has 2 aromatic carbocycles. The Hall–Kier alpha value is -2.79. The van der Waals surface area contributed by atoms with Gasteiger partial charge >= 0.3 is 5.97 Å². The largest absolute Gasteiger partial charge is 0.457 e. The number of carbonyl (C=O) groups is 2. The molecule has 4 nitrogen and oxygen atoms in total. The Kier molecular flexibility index (Phi) is 5.51. The van der Waals surface area contributed by atoms with E-state index in [1.807, 2.05) is 75.4 Å². The SMILES string of the molecule is CC(C)(C)OC(=O)/C=C/c1ccc(/C=C2\Sc3ccccc3NC2=O)cc1. The third-order valence-corrected chi connectivity index (χ3v) is 4.73. The lowest BCUT2D eigenvalue weighted by molar-refractivity contribution is -0.148. The quantitative estimate of drug-likeness (QED) is 0.593. The molecule has 0 saturated carbocycles. The normalized spacial score (nSPS) is 15.5. The second-order valence-electron chi connectivity index (χ2n) is 7.09. The Morgan fingerprint density at radius 3 is 2.41 bits per heavy atom. The lowest BCUT2D eigenvalue weighted by atomic mass is 10.1. The van der Waals surface area contributed by atoms with Crippen molar-refractivity contribution in [2.75, 3.05) is 5.32 Å². The molecule has 1 amide bonds. The van der Waals surface area contributed by atoms with Crippen molar-refractivity contribution in [2.45, 2.75) is 31.3 Å². The molecule has 1 heterocycles. The number of thioether (sulfide) groups is 1. The van der Waals surface area contributed by atoms with Crippen molar-refractivity contribution >= 4 is 41.5 Å². The number of ether oxygens (including phenoxy) is 1. The number of esters is 1. The molecule has 138 valence electrons. The monoisotopic (exact) mass is 379 g/mol. The third-order valence-electron chi connectivity index (χ3n) is 3.63. The summed E-state index contributed by atoms with van der Waals surface area (Å²) in [6, 6.07) is 15.3. The van der Waals surface area contributed by atoms with Gasteiger partial charge in [-0.05, 0) is 56.2 Å². The summed E-state index contributed by atoms with van der Waals surface area (Å²) >= 11 is 1.46. The first kappa shape index (κ1) is 19.0. The van der Waals surface area contributed by atoms with Crippen LogP contribution < -0.4 is 5.32 Å². The molecule has 0 aliphatic carbocycles. The number of para-hydroxylation sites is 1. The van der Waals surface area contributed by atoms with Gasteiger partial charge in [0.2, 0.25) is 0 Å². The van der Waals surface area contributed by atoms with Crippen molar-refractivity contribution in [3.05, 3.63) is 70.6 Å². The fourth-order valence-electron chi connectivity index (χ4n) is 2.46. The summed E-state index contributed by atoms with van der Waals surface area (Å²) in [6.07, 6.45) is 4.99. The fraction of sp³-hybridized carbons (Fsp3) is 0.182. The van der Waals surface area contributed by atoms with Crippen LogP contribution in [-0.4, -0.2) is 17.5 Å². The van der Waals surface area contributed by atoms with Crippen molar-refractivity contribution in [2.24, 2.45) is 0 Å². The maximum absolute atomic E-state index is 12.3. The van der Waals surface area contributed by atoms with E-state index in [2.05, 4.69) is 5.32 Å². The maximum Gasteiger partial charge on any atom is 0.331 e. The van der Waals surface area contributed by atoms with Crippen LogP contribution in [0.25, 0.3) is 12.2 Å². The van der Waals surface area contributed by atoms with Crippen LogP contribution in [0, 0.1) is 0 Å². The zero-order valence-electron chi connectivity index (χ0n) is 15.5. The molecule has 0 unspecified atom stereocenters. The van der Waals surface area contributed by atoms with Crippen LogP contribution in [0.3, 0.4) is 0 Å². The number of amides is 1. The molecule has 2 aromatic rings. The van der Waals surface area contributed by atoms with Gasteiger partial charge in [-0.25, -0.2) is 4.79 Å². The van der Waals surface area contributed by atoms with E-state index in [9.17, 15) is 9.59 Å². The number of nitrogens with one attached hydrogen (secondary N) is 1. The zero-order chi connectivity index (χ0) is 19.4. The third kappa shape index (κ3) is 5.34. The first-order valence-electron chi connectivity index (χ1n) is 8.61. The molecule has 0 saturated heterocycles. The Balaban J connectivity index is 1.70. The maximum atomic E-state index is 12.3. The van der Waals surface area contributed by atoms with Crippen LogP contribution >= 0.6 is 11.8 Å². The first-order chi connectivity index (χ1) is 12.8. The molecule has 0 spiro atoms. The number of benzene rings is 2. The van der Waals surface area contributed by atoms with Gasteiger partial charge in [0.25, 0.3) is 5.91 Å². The van der Waals surface area contributed by atoms with E-state index in [4.69, 9.17) is 4.74 Å². The fourth-order valence-corrected chi connectivity index (χ4v) is 3.41. The highest BCUT2D eigenvalue weighted by molar-refractivity contribution is 8.04. The van der Waals surface area contributed by atoms with E-state index in [1.54, 1.807) is 6.08 Å². The summed E-state index contributed by atoms with van der Waals surface area (Å²) < 4.78 is 5.24. The van der Waals surface area contributed by atoms with E-state index in [-0.39, 0.29) is 11.9 Å². The number of hydrogen-bond acceptors (Lipinski definition) is 4. The summed E-state index contributed by atoms with van der Waals surface area (Å²) in [6.45, 7) is 5.50. The van der Waals surface area contributed by atoms with Crippen molar-refractivity contribution in [1.82, 2.24) is 0 Å². The van der Waals surface area contributed by atoms with Gasteiger partial charge in [0.05, 0.1) is 10.6 Å². The van der Waals surface area contributed by atoms with Gasteiger partial charge in [0.1, 0.15) is 5.60 Å². The van der Waals surface area contributed by atoms with Crippen molar-refractivity contribution in [3.63, 3.8) is 0 Å². The zero-order valence-corrected chi connectivity index (χ0v) is 16.3. The summed E-state index contributed by atoms with van der Waals surface area (Å²) in [4.78, 5) is 25.7. The molecule has 27 heavy (non-hydrogen) atoms. The van der Waals surface area contributed by atoms with Crippen molar-refractivity contribution in [3.8, 4) is 0 Å². The second kappa shape index (κ2) is 7.84. The molecule has 3 rings (SSSR count). The number of anilines is 1. The van der Waals surface area contributed by atoms with Gasteiger partial charge in [-0.15, -0.1) is 0 Å². The second-order valence-corrected chi connectivity index (χ2v) is 8.18. The van der Waals surface area contributed by atoms with Gasteiger partial charge in [-0.1, -0.05) is 48.2 Å². The summed E-state index contributed by atoms with van der Waals surface area (Å²) in [7, 11) is 0. The van der Waals surface area contributed by atoms with E-state index >= 15 is 0 Å². The molecule has 0 fully saturated rings. The minimum Gasteiger partial charge on any atom is -0.457 e. The van der Waals surface area contributed by atoms with Crippen molar-refractivity contribution < 1.29 is 14.3 Å². The number of carbonyl (C=O) groups excluding carboxylic acids is 2. The van der Waals surface area contributed by atoms with Gasteiger partial charge in [0.15, 0.2) is 0 Å². The van der Waals surface area contributed by atoms with Crippen LogP contribution in [0.4, 0.5) is 5.69 Å². The van der Waals surface area contributed by atoms with Crippen LogP contribution in [0.15, 0.2) is 64.4 Å². The number of hydrogen-bond donors (Lipinski definition) is 1. The van der Waals surface area contributed by atoms with Crippen LogP contribution in [0.1, 0.15) is 31.9 Å². The Morgan fingerprint density at radius 2 is 1.70 bits per heavy atom. The van der Waals surface area contributed by atoms with E-state index < -0.39 is 5.60 Å². The van der Waals surface area contributed by atoms with Gasteiger partial charge in [-0.2, -0.15) is 0 Å². The molecular weight excluding hydrogens is 358 g/mol. The molecular formula is C22H21NO3S. The highest BCUT2D eigenvalue weighted by Crippen LogP contribution is 2.38. The van der Waals surface area contributed by atoms with E-state index in [0.717, 1.165) is 21.7 Å². The molecule has 1 aliphatic heterocycles. The van der Waals surface area contributed by atoms with Crippen molar-refractivity contribution in [1.29, 1.82) is 0 Å². The first-order valence-corrected chi connectivity index (χ1v) is 9.43. The number of fused-ring (bicyclic) bond motifs is 1. The summed E-state index contributed by atoms with van der Waals surface area (Å²) in [5, 5.41) is 2.90. The molecule has 0 radical (unpaired) electrons. The van der Waals surface area contributed by atoms with Gasteiger partial charge in [0, 0.05) is 11.0 Å². The van der Waals surface area contributed by atoms with Crippen LogP contribution in [-0.2, 0) is 14.3 Å². The molecule has 0 bridgehead atoms. The number of rotatable bonds is 3. The predicted molar refractivity (Wildman–Crippen MR) is 110 cm³/mol. The lowest BCUT2D eigenvalue weighted by Gasteiger charge is -2.18. The summed E-state index contributed by atoms with van der Waals surface area (Å²) in [5.41, 5.74) is 2.14. The predicted octanol–water partition coefficient (Wildman–Crippen LogP) is 5.13. The minimum atomic E-state index is -0.506. The molecule has 1 aliphatic rings. The highest BCUT2D eigenvalue weighted by atomic mass is 32.2.